The van der Waals surface area contributed by atoms with Crippen LogP contribution in [0.4, 0.5) is 10.2 Å². The van der Waals surface area contributed by atoms with E-state index in [-0.39, 0.29) is 24.2 Å². The third-order valence-electron chi connectivity index (χ3n) is 10.4. The van der Waals surface area contributed by atoms with Gasteiger partial charge >= 0.3 is 19.2 Å². The summed E-state index contributed by atoms with van der Waals surface area (Å²) >= 11 is 0. The molecule has 2 aromatic heterocycles. The van der Waals surface area contributed by atoms with Gasteiger partial charge in [0.2, 0.25) is 0 Å². The van der Waals surface area contributed by atoms with E-state index in [1.807, 2.05) is 0 Å². The lowest BCUT2D eigenvalue weighted by Crippen LogP contribution is -2.33. The summed E-state index contributed by atoms with van der Waals surface area (Å²) < 4.78 is 51.3. The smallest absolute Gasteiger partial charge is 0.390 e. The highest BCUT2D eigenvalue weighted by Gasteiger charge is 2.40. The number of ether oxygens (including phenoxy) is 2. The van der Waals surface area contributed by atoms with Crippen LogP contribution in [-0.4, -0.2) is 73.2 Å². The van der Waals surface area contributed by atoms with Crippen molar-refractivity contribution < 1.29 is 37.5 Å². The summed E-state index contributed by atoms with van der Waals surface area (Å²) in [6.45, 7) is 2.99. The van der Waals surface area contributed by atoms with Crippen molar-refractivity contribution in [3.63, 3.8) is 0 Å². The molecule has 0 aliphatic carbocycles. The molecule has 0 radical (unpaired) electrons. The third-order valence-corrected chi connectivity index (χ3v) is 11.4. The number of azide groups is 1. The monoisotopic (exact) mass is 826 g/mol. The van der Waals surface area contributed by atoms with Crippen LogP contribution in [0.3, 0.4) is 0 Å². The van der Waals surface area contributed by atoms with Gasteiger partial charge in [0.1, 0.15) is 18.6 Å². The molecular weight excluding hydrogens is 766 g/mol. The van der Waals surface area contributed by atoms with Crippen LogP contribution in [0.1, 0.15) is 141 Å². The Morgan fingerprint density at radius 2 is 1.46 bits per heavy atom. The van der Waals surface area contributed by atoms with Crippen molar-refractivity contribution in [2.75, 3.05) is 25.1 Å². The van der Waals surface area contributed by atoms with Crippen LogP contribution >= 0.6 is 7.82 Å². The molecule has 0 spiro atoms. The fourth-order valence-corrected chi connectivity index (χ4v) is 7.83. The molecule has 57 heavy (non-hydrogen) atoms. The number of halogens is 1. The Morgan fingerprint density at radius 3 is 2.05 bits per heavy atom. The van der Waals surface area contributed by atoms with Gasteiger partial charge in [0, 0.05) is 36.1 Å². The second kappa shape index (κ2) is 23.9. The minimum absolute atomic E-state index is 0.00891. The summed E-state index contributed by atoms with van der Waals surface area (Å²) in [6, 6.07) is -0.896. The highest BCUT2D eigenvalue weighted by molar-refractivity contribution is 7.47. The van der Waals surface area contributed by atoms with Gasteiger partial charge in [-0.15, -0.1) is 0 Å². The quantitative estimate of drug-likeness (QED) is 0.0243. The van der Waals surface area contributed by atoms with E-state index in [0.29, 0.717) is 6.54 Å². The molecule has 2 aromatic rings. The van der Waals surface area contributed by atoms with E-state index in [1.54, 1.807) is 0 Å². The van der Waals surface area contributed by atoms with Gasteiger partial charge in [-0.3, -0.25) is 28.0 Å². The molecule has 7 atom stereocenters. The summed E-state index contributed by atoms with van der Waals surface area (Å²) in [5, 5.41) is 17.1. The van der Waals surface area contributed by atoms with E-state index in [0.717, 1.165) is 34.6 Å². The normalized spacial score (nSPS) is 23.0. The molecule has 4 N–H and O–H groups in total. The van der Waals surface area contributed by atoms with Gasteiger partial charge in [0.15, 0.2) is 11.6 Å². The van der Waals surface area contributed by atoms with Crippen molar-refractivity contribution in [1.82, 2.24) is 19.1 Å². The lowest BCUT2D eigenvalue weighted by Gasteiger charge is -2.20. The number of unbranched alkanes of at least 4 members (excludes halogenated alkanes) is 15. The number of phosphoric acid groups is 1. The molecule has 2 saturated heterocycles. The number of hydrogen-bond donors (Lipinski definition) is 4. The maximum absolute atomic E-state index is 15.0. The fourth-order valence-electron chi connectivity index (χ4n) is 7.09. The van der Waals surface area contributed by atoms with Gasteiger partial charge in [0.05, 0.1) is 37.7 Å². The Kier molecular flexibility index (Phi) is 19.4. The van der Waals surface area contributed by atoms with E-state index in [1.165, 1.54) is 96.6 Å². The van der Waals surface area contributed by atoms with Crippen LogP contribution in [-0.2, 0) is 23.1 Å². The second-order valence-electron chi connectivity index (χ2n) is 15.0. The summed E-state index contributed by atoms with van der Waals surface area (Å²) in [6.07, 6.45) is 16.5. The maximum Gasteiger partial charge on any atom is 0.472 e. The first-order valence-electron chi connectivity index (χ1n) is 20.4. The molecule has 4 heterocycles. The van der Waals surface area contributed by atoms with Crippen LogP contribution in [0.2, 0.25) is 0 Å². The van der Waals surface area contributed by atoms with Crippen LogP contribution in [0.25, 0.3) is 10.4 Å². The highest BCUT2D eigenvalue weighted by Crippen LogP contribution is 2.45. The number of rotatable bonds is 27. The number of H-pyrrole nitrogens is 1. The van der Waals surface area contributed by atoms with E-state index in [2.05, 4.69) is 32.2 Å². The van der Waals surface area contributed by atoms with Crippen LogP contribution in [0.5, 0.6) is 0 Å². The third kappa shape index (κ3) is 15.0. The van der Waals surface area contributed by atoms with E-state index in [9.17, 15) is 33.3 Å². The molecule has 4 rings (SSSR count). The molecule has 0 aromatic carbocycles. The number of phosphoric ester groups is 1. The molecule has 320 valence electrons. The number of aliphatic hydroxyl groups is 1. The van der Waals surface area contributed by atoms with Gasteiger partial charge < -0.3 is 24.8 Å². The number of aromatic nitrogens is 4. The Labute approximate surface area is 331 Å². The average Bonchev–Trinajstić information content (AvgIpc) is 3.76. The van der Waals surface area contributed by atoms with Crippen molar-refractivity contribution in [3.8, 4) is 0 Å². The number of aliphatic hydroxyl groups excluding tert-OH is 1. The largest absolute Gasteiger partial charge is 0.472 e. The lowest BCUT2D eigenvalue weighted by molar-refractivity contribution is -0.0522. The van der Waals surface area contributed by atoms with E-state index >= 15 is 0 Å². The Bertz CT molecular complexity index is 1820. The number of hydrogen-bond acceptors (Lipinski definition) is 12. The maximum atomic E-state index is 15.0. The predicted octanol–water partition coefficient (Wildman–Crippen LogP) is 6.66. The van der Waals surface area contributed by atoms with Crippen molar-refractivity contribution in [2.24, 2.45) is 5.11 Å². The van der Waals surface area contributed by atoms with Gasteiger partial charge in [-0.25, -0.2) is 18.5 Å². The molecule has 0 amide bonds. The van der Waals surface area contributed by atoms with E-state index in [4.69, 9.17) is 24.1 Å². The van der Waals surface area contributed by atoms with Crippen LogP contribution in [0.15, 0.2) is 31.9 Å². The highest BCUT2D eigenvalue weighted by atomic mass is 31.2. The molecule has 2 aliphatic heterocycles. The zero-order chi connectivity index (χ0) is 41.2. The lowest BCUT2D eigenvalue weighted by atomic mass is 10.0. The Balaban J connectivity index is 1.13. The Morgan fingerprint density at radius 1 is 0.912 bits per heavy atom. The van der Waals surface area contributed by atoms with Gasteiger partial charge in [-0.2, -0.15) is 4.98 Å². The first-order chi connectivity index (χ1) is 27.4. The van der Waals surface area contributed by atoms with Crippen molar-refractivity contribution in [2.45, 2.75) is 166 Å². The number of aromatic amines is 1. The first-order valence-corrected chi connectivity index (χ1v) is 21.9. The first kappa shape index (κ1) is 46.3. The summed E-state index contributed by atoms with van der Waals surface area (Å²) in [7, 11) is -4.80. The molecule has 0 bridgehead atoms. The van der Waals surface area contributed by atoms with Crippen molar-refractivity contribution in [3.05, 3.63) is 65.5 Å². The average molecular weight is 827 g/mol. The van der Waals surface area contributed by atoms with Crippen LogP contribution in [0, 0.1) is 12.7 Å². The molecule has 2 aliphatic rings. The summed E-state index contributed by atoms with van der Waals surface area (Å²) in [4.78, 5) is 56.0. The zero-order valence-electron chi connectivity index (χ0n) is 33.1. The van der Waals surface area contributed by atoms with Crippen molar-refractivity contribution >= 4 is 13.6 Å². The SMILES string of the molecule is CCCCCCCCCCCCCCCCCCNc1nc(=O)n(C2CC(O)C(COP(=O)(O)OCC3OC(n4cc(C)c(=O)[nH]c4=O)CC3N=[N+]=[N-])O2)cc1F. The predicted molar refractivity (Wildman–Crippen MR) is 210 cm³/mol. The van der Waals surface area contributed by atoms with E-state index < -0.39 is 80.6 Å². The molecule has 2 fully saturated rings. The summed E-state index contributed by atoms with van der Waals surface area (Å²) in [5.74, 6) is -0.941. The molecule has 0 saturated carbocycles. The Hall–Kier alpha value is -3.41. The minimum Gasteiger partial charge on any atom is -0.390 e. The number of nitrogens with zero attached hydrogens (tertiary/aromatic N) is 6. The summed E-state index contributed by atoms with van der Waals surface area (Å²) in [5.41, 5.74) is 7.11. The number of anilines is 1. The fraction of sp³-hybridized carbons (Fsp3) is 0.784. The molecular formula is C37H60FN8O10P. The van der Waals surface area contributed by atoms with Gasteiger partial charge in [-0.1, -0.05) is 108 Å². The topological polar surface area (TPSA) is 245 Å². The second-order valence-corrected chi connectivity index (χ2v) is 16.4. The minimum atomic E-state index is -4.80. The van der Waals surface area contributed by atoms with Gasteiger partial charge in [0.25, 0.3) is 5.56 Å². The molecule has 20 heteroatoms. The number of nitrogens with one attached hydrogen (secondary N) is 2. The standard InChI is InChI=1S/C37H60FN8O10P/c1-3-4-5-6-7-8-9-10-11-12-13-14-15-16-17-18-19-40-34-27(38)23-46(36(49)41-34)33-21-29(47)31(56-33)25-54-57(51,52)53-24-30-28(43-44-39)20-32(55-30)45-22-26(2)35(48)42-37(45)50/h22-23,28-33,47H,3-21,24-25H2,1-2H3,(H,51,52)(H,40,41,49)(H,42,48,50). The zero-order valence-corrected chi connectivity index (χ0v) is 34.0. The van der Waals surface area contributed by atoms with Crippen molar-refractivity contribution in [1.29, 1.82) is 0 Å². The molecule has 18 nitrogen and oxygen atoms in total. The molecule has 7 unspecified atom stereocenters. The van der Waals surface area contributed by atoms with Crippen LogP contribution < -0.4 is 22.3 Å². The number of aryl methyl sites for hydroxylation is 1. The van der Waals surface area contributed by atoms with Gasteiger partial charge in [-0.05, 0) is 18.9 Å².